The maximum absolute atomic E-state index is 10.8. The van der Waals surface area contributed by atoms with Crippen LogP contribution >= 0.6 is 0 Å². The average molecular weight is 305 g/mol. The highest BCUT2D eigenvalue weighted by Gasteiger charge is 2.08. The van der Waals surface area contributed by atoms with Gasteiger partial charge in [0.2, 0.25) is 5.89 Å². The number of hydrogen-bond donors (Lipinski definition) is 1. The van der Waals surface area contributed by atoms with Gasteiger partial charge in [-0.1, -0.05) is 36.4 Å². The highest BCUT2D eigenvalue weighted by Crippen LogP contribution is 2.22. The predicted octanol–water partition coefficient (Wildman–Crippen LogP) is 4.52. The molecule has 3 rings (SSSR count). The predicted molar refractivity (Wildman–Crippen MR) is 89.0 cm³/mol. The zero-order valence-electron chi connectivity index (χ0n) is 12.6. The molecule has 0 aliphatic rings. The number of aryl methyl sites for hydroxylation is 1. The lowest BCUT2D eigenvalue weighted by Crippen LogP contribution is -1.94. The molecule has 3 aromatic rings. The second kappa shape index (κ2) is 6.32. The molecule has 1 aromatic heterocycles. The van der Waals surface area contributed by atoms with E-state index in [2.05, 4.69) is 4.98 Å². The van der Waals surface area contributed by atoms with E-state index in [1.165, 1.54) is 0 Å². The van der Waals surface area contributed by atoms with E-state index in [0.29, 0.717) is 5.89 Å². The van der Waals surface area contributed by atoms with Crippen LogP contribution in [0, 0.1) is 6.92 Å². The van der Waals surface area contributed by atoms with Gasteiger partial charge in [0.25, 0.3) is 0 Å². The van der Waals surface area contributed by atoms with Gasteiger partial charge in [-0.15, -0.1) is 0 Å². The molecule has 4 heteroatoms. The van der Waals surface area contributed by atoms with Crippen LogP contribution in [0.5, 0.6) is 0 Å². The molecule has 0 saturated heterocycles. The molecule has 0 fully saturated rings. The third-order valence-corrected chi connectivity index (χ3v) is 3.44. The minimum absolute atomic E-state index is 0.270. The Kier molecular flexibility index (Phi) is 4.06. The number of oxazole rings is 1. The molecule has 4 nitrogen and oxygen atoms in total. The van der Waals surface area contributed by atoms with Gasteiger partial charge in [-0.2, -0.15) is 0 Å². The van der Waals surface area contributed by atoms with E-state index in [0.717, 1.165) is 22.6 Å². The highest BCUT2D eigenvalue weighted by atomic mass is 16.4. The topological polar surface area (TPSA) is 63.3 Å². The van der Waals surface area contributed by atoms with E-state index in [-0.39, 0.29) is 5.56 Å². The van der Waals surface area contributed by atoms with E-state index in [1.54, 1.807) is 24.3 Å². The van der Waals surface area contributed by atoms with Crippen molar-refractivity contribution < 1.29 is 14.3 Å². The molecule has 2 aromatic carbocycles. The molecule has 0 aliphatic heterocycles. The van der Waals surface area contributed by atoms with Crippen molar-refractivity contribution >= 4 is 18.1 Å². The van der Waals surface area contributed by atoms with Crippen molar-refractivity contribution in [2.75, 3.05) is 0 Å². The van der Waals surface area contributed by atoms with Crippen LogP contribution in [0.15, 0.2) is 59.0 Å². The Hall–Kier alpha value is -3.14. The minimum atomic E-state index is -0.930. The van der Waals surface area contributed by atoms with Crippen molar-refractivity contribution in [3.63, 3.8) is 0 Å². The molecule has 23 heavy (non-hydrogen) atoms. The molecule has 114 valence electrons. The van der Waals surface area contributed by atoms with Crippen LogP contribution in [0.4, 0.5) is 0 Å². The first-order valence-corrected chi connectivity index (χ1v) is 7.18. The summed E-state index contributed by atoms with van der Waals surface area (Å²) in [4.78, 5) is 15.3. The summed E-state index contributed by atoms with van der Waals surface area (Å²) in [5.74, 6) is 0.395. The van der Waals surface area contributed by atoms with Gasteiger partial charge in [-0.05, 0) is 42.8 Å². The monoisotopic (exact) mass is 305 g/mol. The van der Waals surface area contributed by atoms with Crippen molar-refractivity contribution in [3.8, 4) is 11.5 Å². The van der Waals surface area contributed by atoms with E-state index in [9.17, 15) is 4.79 Å². The first kappa shape index (κ1) is 14.8. The highest BCUT2D eigenvalue weighted by molar-refractivity contribution is 5.88. The summed E-state index contributed by atoms with van der Waals surface area (Å²) in [6, 6.07) is 16.4. The summed E-state index contributed by atoms with van der Waals surface area (Å²) < 4.78 is 5.70. The summed E-state index contributed by atoms with van der Waals surface area (Å²) >= 11 is 0. The van der Waals surface area contributed by atoms with Crippen LogP contribution in [-0.2, 0) is 0 Å². The molecular weight excluding hydrogens is 290 g/mol. The van der Waals surface area contributed by atoms with Gasteiger partial charge in [-0.3, -0.25) is 0 Å². The quantitative estimate of drug-likeness (QED) is 0.769. The molecule has 0 aliphatic carbocycles. The van der Waals surface area contributed by atoms with E-state index in [1.807, 2.05) is 49.4 Å². The molecule has 0 saturated carbocycles. The summed E-state index contributed by atoms with van der Waals surface area (Å²) in [6.07, 6.45) is 3.74. The summed E-state index contributed by atoms with van der Waals surface area (Å²) in [7, 11) is 0. The number of aromatic nitrogens is 1. The van der Waals surface area contributed by atoms with Crippen LogP contribution in [-0.4, -0.2) is 16.1 Å². The molecule has 1 heterocycles. The molecule has 0 spiro atoms. The Morgan fingerprint density at radius 3 is 2.39 bits per heavy atom. The summed E-state index contributed by atoms with van der Waals surface area (Å²) in [5, 5.41) is 8.89. The number of carboxylic acids is 1. The van der Waals surface area contributed by atoms with Gasteiger partial charge in [0.15, 0.2) is 0 Å². The lowest BCUT2D eigenvalue weighted by molar-refractivity contribution is 0.0697. The zero-order chi connectivity index (χ0) is 16.2. The fourth-order valence-electron chi connectivity index (χ4n) is 2.18. The van der Waals surface area contributed by atoms with Gasteiger partial charge in [0, 0.05) is 5.56 Å². The van der Waals surface area contributed by atoms with Gasteiger partial charge in [0.05, 0.1) is 5.56 Å². The first-order chi connectivity index (χ1) is 11.1. The molecule has 0 amide bonds. The maximum Gasteiger partial charge on any atom is 0.335 e. The Bertz CT molecular complexity index is 846. The number of benzene rings is 2. The SMILES string of the molecule is Cc1oc(-c2ccccc2)nc1C=Cc1ccc(C(=O)O)cc1. The van der Waals surface area contributed by atoms with E-state index < -0.39 is 5.97 Å². The minimum Gasteiger partial charge on any atom is -0.478 e. The fourth-order valence-corrected chi connectivity index (χ4v) is 2.18. The summed E-state index contributed by atoms with van der Waals surface area (Å²) in [5.41, 5.74) is 2.86. The van der Waals surface area contributed by atoms with E-state index >= 15 is 0 Å². The van der Waals surface area contributed by atoms with Crippen molar-refractivity contribution in [1.29, 1.82) is 0 Å². The van der Waals surface area contributed by atoms with Crippen molar-refractivity contribution in [2.24, 2.45) is 0 Å². The molecule has 1 N–H and O–H groups in total. The third-order valence-electron chi connectivity index (χ3n) is 3.44. The normalized spacial score (nSPS) is 11.0. The van der Waals surface area contributed by atoms with Crippen molar-refractivity contribution in [2.45, 2.75) is 6.92 Å². The van der Waals surface area contributed by atoms with Gasteiger partial charge in [0.1, 0.15) is 11.5 Å². The van der Waals surface area contributed by atoms with Gasteiger partial charge in [-0.25, -0.2) is 9.78 Å². The number of hydrogen-bond acceptors (Lipinski definition) is 3. The smallest absolute Gasteiger partial charge is 0.335 e. The first-order valence-electron chi connectivity index (χ1n) is 7.18. The number of rotatable bonds is 4. The van der Waals surface area contributed by atoms with Crippen LogP contribution in [0.1, 0.15) is 27.4 Å². The number of carbonyl (C=O) groups is 1. The van der Waals surface area contributed by atoms with Crippen molar-refractivity contribution in [3.05, 3.63) is 77.2 Å². The van der Waals surface area contributed by atoms with Crippen LogP contribution in [0.2, 0.25) is 0 Å². The molecule has 0 atom stereocenters. The molecule has 0 bridgehead atoms. The third kappa shape index (κ3) is 3.37. The second-order valence-electron chi connectivity index (χ2n) is 5.09. The Morgan fingerprint density at radius 1 is 1.04 bits per heavy atom. The van der Waals surface area contributed by atoms with Crippen LogP contribution < -0.4 is 0 Å². The molecule has 0 radical (unpaired) electrons. The standard InChI is InChI=1S/C19H15NO3/c1-13-17(20-18(23-13)15-5-3-2-4-6-15)12-9-14-7-10-16(11-8-14)19(21)22/h2-12H,1H3,(H,21,22). The Balaban J connectivity index is 1.82. The maximum atomic E-state index is 10.8. The van der Waals surface area contributed by atoms with Gasteiger partial charge < -0.3 is 9.52 Å². The van der Waals surface area contributed by atoms with Crippen LogP contribution in [0.3, 0.4) is 0 Å². The molecular formula is C19H15NO3. The Labute approximate surface area is 133 Å². The van der Waals surface area contributed by atoms with Gasteiger partial charge >= 0.3 is 5.97 Å². The zero-order valence-corrected chi connectivity index (χ0v) is 12.6. The second-order valence-corrected chi connectivity index (χ2v) is 5.09. The fraction of sp³-hybridized carbons (Fsp3) is 0.0526. The van der Waals surface area contributed by atoms with Crippen LogP contribution in [0.25, 0.3) is 23.6 Å². The summed E-state index contributed by atoms with van der Waals surface area (Å²) in [6.45, 7) is 1.87. The Morgan fingerprint density at radius 2 is 1.74 bits per heavy atom. The number of aromatic carboxylic acids is 1. The number of nitrogens with zero attached hydrogens (tertiary/aromatic N) is 1. The average Bonchev–Trinajstić information content (AvgIpc) is 2.95. The number of carboxylic acid groups (broad SMARTS) is 1. The molecule has 0 unspecified atom stereocenters. The lowest BCUT2D eigenvalue weighted by Gasteiger charge is -1.95. The van der Waals surface area contributed by atoms with E-state index in [4.69, 9.17) is 9.52 Å². The van der Waals surface area contributed by atoms with Crippen molar-refractivity contribution in [1.82, 2.24) is 4.98 Å². The largest absolute Gasteiger partial charge is 0.478 e. The lowest BCUT2D eigenvalue weighted by atomic mass is 10.1.